The van der Waals surface area contributed by atoms with Crippen molar-refractivity contribution in [2.75, 3.05) is 28.8 Å². The molecule has 8 nitrogen and oxygen atoms in total. The van der Waals surface area contributed by atoms with Crippen LogP contribution in [-0.2, 0) is 21.4 Å². The van der Waals surface area contributed by atoms with Gasteiger partial charge in [0.25, 0.3) is 0 Å². The first-order chi connectivity index (χ1) is 22.2. The van der Waals surface area contributed by atoms with Crippen LogP contribution >= 0.6 is 23.2 Å². The number of rotatable bonds is 7. The number of imidazole rings is 1. The van der Waals surface area contributed by atoms with Gasteiger partial charge in [-0.2, -0.15) is 13.1 Å². The standard InChI is InChI=1S/C35H31Cl2N5O3S/c36-27-13-16-31(32(37)20-27)33-22-41(29-5-4-6-30(21-29)42-23-35(43)39-46(42,44)45)34(38-33)19-24-7-9-25(10-8-24)26-11-14-28(15-12-26)40-17-2-1-3-18-40/h4-16,20-22H,1-3,17-19,23H2,(H,39,43)/p+1. The SMILES string of the molecule is O=C1CN(c2cccc(-n3cc(-c4ccc(Cl)cc4Cl)nc3Cc3ccc(-c4ccc(N5CCCCC5)cc4)cc3)c2)S(=O)(=O)[NH2+]1. The Hall–Kier alpha value is -4.15. The Labute approximate surface area is 278 Å². The zero-order valence-corrected chi connectivity index (χ0v) is 27.3. The number of carbonyl (C=O) groups is 1. The van der Waals surface area contributed by atoms with Crippen molar-refractivity contribution >= 4 is 50.7 Å². The molecule has 0 unspecified atom stereocenters. The highest BCUT2D eigenvalue weighted by Crippen LogP contribution is 2.32. The van der Waals surface area contributed by atoms with E-state index in [1.165, 1.54) is 24.9 Å². The molecule has 234 valence electrons. The number of hydrogen-bond acceptors (Lipinski definition) is 5. The maximum atomic E-state index is 12.6. The largest absolute Gasteiger partial charge is 0.401 e. The van der Waals surface area contributed by atoms with Gasteiger partial charge < -0.3 is 9.47 Å². The van der Waals surface area contributed by atoms with E-state index in [9.17, 15) is 13.2 Å². The molecule has 2 N–H and O–H groups in total. The lowest BCUT2D eigenvalue weighted by Crippen LogP contribution is -2.88. The number of hydrogen-bond donors (Lipinski definition) is 1. The van der Waals surface area contributed by atoms with Crippen LogP contribution in [0, 0.1) is 0 Å². The van der Waals surface area contributed by atoms with Gasteiger partial charge in [-0.3, -0.25) is 0 Å². The number of amides is 1. The third-order valence-electron chi connectivity index (χ3n) is 8.51. The van der Waals surface area contributed by atoms with E-state index in [2.05, 4.69) is 53.4 Å². The quantitative estimate of drug-likeness (QED) is 0.221. The van der Waals surface area contributed by atoms with Crippen molar-refractivity contribution < 1.29 is 17.9 Å². The normalized spacial score (nSPS) is 16.3. The Balaban J connectivity index is 1.20. The summed E-state index contributed by atoms with van der Waals surface area (Å²) in [6, 6.07) is 29.6. The van der Waals surface area contributed by atoms with Gasteiger partial charge >= 0.3 is 16.1 Å². The molecule has 4 aromatic carbocycles. The fourth-order valence-corrected chi connectivity index (χ4v) is 7.90. The number of benzene rings is 4. The number of halogens is 2. The summed E-state index contributed by atoms with van der Waals surface area (Å²) in [5.74, 6) is 0.290. The third-order valence-corrected chi connectivity index (χ3v) is 10.6. The van der Waals surface area contributed by atoms with Crippen LogP contribution in [0.5, 0.6) is 0 Å². The van der Waals surface area contributed by atoms with Gasteiger partial charge in [0, 0.05) is 47.7 Å². The van der Waals surface area contributed by atoms with Crippen molar-refractivity contribution in [3.05, 3.63) is 119 Å². The predicted molar refractivity (Wildman–Crippen MR) is 183 cm³/mol. The summed E-state index contributed by atoms with van der Waals surface area (Å²) in [4.78, 5) is 19.4. The van der Waals surface area contributed by atoms with Crippen LogP contribution in [0.15, 0.2) is 97.2 Å². The Morgan fingerprint density at radius 1 is 0.783 bits per heavy atom. The molecule has 2 aliphatic rings. The van der Waals surface area contributed by atoms with Crippen LogP contribution in [0.4, 0.5) is 11.4 Å². The summed E-state index contributed by atoms with van der Waals surface area (Å²) in [6.45, 7) is 2.02. The number of piperidine rings is 1. The van der Waals surface area contributed by atoms with Crippen molar-refractivity contribution in [3.63, 3.8) is 0 Å². The van der Waals surface area contributed by atoms with E-state index in [0.29, 0.717) is 33.5 Å². The van der Waals surface area contributed by atoms with E-state index >= 15 is 0 Å². The van der Waals surface area contributed by atoms with Crippen molar-refractivity contribution in [2.45, 2.75) is 25.7 Å². The van der Waals surface area contributed by atoms with Crippen LogP contribution in [-0.4, -0.2) is 43.5 Å². The predicted octanol–water partition coefficient (Wildman–Crippen LogP) is 6.25. The highest BCUT2D eigenvalue weighted by molar-refractivity contribution is 7.87. The maximum absolute atomic E-state index is 12.6. The van der Waals surface area contributed by atoms with Gasteiger partial charge in [0.1, 0.15) is 5.82 Å². The first-order valence-electron chi connectivity index (χ1n) is 15.2. The van der Waals surface area contributed by atoms with Crippen molar-refractivity contribution in [1.82, 2.24) is 9.55 Å². The van der Waals surface area contributed by atoms with Gasteiger partial charge in [-0.25, -0.2) is 14.1 Å². The molecule has 5 aromatic rings. The number of aromatic nitrogens is 2. The van der Waals surface area contributed by atoms with E-state index in [4.69, 9.17) is 28.2 Å². The number of nitrogens with two attached hydrogens (primary N) is 1. The van der Waals surface area contributed by atoms with Gasteiger partial charge in [-0.05, 0) is 84.5 Å². The molecule has 46 heavy (non-hydrogen) atoms. The zero-order valence-electron chi connectivity index (χ0n) is 24.9. The lowest BCUT2D eigenvalue weighted by atomic mass is 10.0. The molecule has 1 aromatic heterocycles. The average molecular weight is 674 g/mol. The van der Waals surface area contributed by atoms with Crippen LogP contribution in [0.25, 0.3) is 28.1 Å². The summed E-state index contributed by atoms with van der Waals surface area (Å²) >= 11 is 12.7. The molecular formula is C35H32Cl2N5O3S+. The first kappa shape index (κ1) is 30.5. The Kier molecular flexibility index (Phi) is 8.33. The van der Waals surface area contributed by atoms with E-state index < -0.39 is 16.1 Å². The van der Waals surface area contributed by atoms with Crippen LogP contribution in [0.1, 0.15) is 30.7 Å². The first-order valence-corrected chi connectivity index (χ1v) is 17.5. The molecule has 2 saturated heterocycles. The fraction of sp³-hybridized carbons (Fsp3) is 0.200. The molecule has 2 aliphatic heterocycles. The highest BCUT2D eigenvalue weighted by atomic mass is 35.5. The molecule has 3 heterocycles. The number of nitrogens with zero attached hydrogens (tertiary/aromatic N) is 4. The number of quaternary nitrogens is 1. The molecule has 0 bridgehead atoms. The topological polar surface area (TPSA) is 92.1 Å². The molecule has 7 rings (SSSR count). The molecule has 11 heteroatoms. The number of carbonyl (C=O) groups excluding carboxylic acids is 1. The Morgan fingerprint density at radius 3 is 2.15 bits per heavy atom. The second kappa shape index (κ2) is 12.6. The van der Waals surface area contributed by atoms with Gasteiger partial charge in [0.2, 0.25) is 0 Å². The van der Waals surface area contributed by atoms with Crippen molar-refractivity contribution in [1.29, 1.82) is 0 Å². The van der Waals surface area contributed by atoms with E-state index in [0.717, 1.165) is 50.2 Å². The third kappa shape index (κ3) is 6.28. The minimum atomic E-state index is -3.83. The second-order valence-corrected chi connectivity index (χ2v) is 14.2. The summed E-state index contributed by atoms with van der Waals surface area (Å²) < 4.78 is 29.0. The molecule has 2 fully saturated rings. The second-order valence-electron chi connectivity index (χ2n) is 11.7. The molecule has 0 saturated carbocycles. The van der Waals surface area contributed by atoms with Crippen LogP contribution in [0.2, 0.25) is 10.0 Å². The lowest BCUT2D eigenvalue weighted by Gasteiger charge is -2.28. The van der Waals surface area contributed by atoms with Crippen molar-refractivity contribution in [3.8, 4) is 28.1 Å². The molecule has 1 amide bonds. The Bertz CT molecular complexity index is 2020. The fourth-order valence-electron chi connectivity index (χ4n) is 6.14. The maximum Gasteiger partial charge on any atom is 0.401 e. The molecule has 0 atom stereocenters. The van der Waals surface area contributed by atoms with Gasteiger partial charge in [-0.15, -0.1) is 0 Å². The summed E-state index contributed by atoms with van der Waals surface area (Å²) in [6.07, 6.45) is 6.21. The summed E-state index contributed by atoms with van der Waals surface area (Å²) in [5, 5.41) is 1.01. The van der Waals surface area contributed by atoms with E-state index in [-0.39, 0.29) is 6.54 Å². The molecule has 0 radical (unpaired) electrons. The van der Waals surface area contributed by atoms with Gasteiger partial charge in [0.15, 0.2) is 6.54 Å². The number of primary amides is 1. The lowest BCUT2D eigenvalue weighted by molar-refractivity contribution is -0.404. The smallest absolute Gasteiger partial charge is 0.372 e. The molecule has 0 spiro atoms. The summed E-state index contributed by atoms with van der Waals surface area (Å²) in [5.41, 5.74) is 7.14. The van der Waals surface area contributed by atoms with E-state index in [1.54, 1.807) is 30.3 Å². The van der Waals surface area contributed by atoms with Gasteiger partial charge in [-0.1, -0.05) is 65.7 Å². The number of anilines is 2. The minimum absolute atomic E-state index is 0.221. The van der Waals surface area contributed by atoms with Gasteiger partial charge in [0.05, 0.1) is 16.4 Å². The van der Waals surface area contributed by atoms with Crippen LogP contribution in [0.3, 0.4) is 0 Å². The molecular weight excluding hydrogens is 641 g/mol. The minimum Gasteiger partial charge on any atom is -0.372 e. The molecule has 0 aliphatic carbocycles. The van der Waals surface area contributed by atoms with Crippen molar-refractivity contribution in [2.24, 2.45) is 0 Å². The zero-order chi connectivity index (χ0) is 31.8. The van der Waals surface area contributed by atoms with Crippen LogP contribution < -0.4 is 13.9 Å². The van der Waals surface area contributed by atoms with E-state index in [1.807, 2.05) is 22.9 Å². The summed E-state index contributed by atoms with van der Waals surface area (Å²) in [7, 11) is -3.83. The Morgan fingerprint density at radius 2 is 1.48 bits per heavy atom. The monoisotopic (exact) mass is 672 g/mol. The average Bonchev–Trinajstić information content (AvgIpc) is 3.60. The highest BCUT2D eigenvalue weighted by Gasteiger charge is 2.39.